The molecule has 3 aromatic rings. The summed E-state index contributed by atoms with van der Waals surface area (Å²) in [6.07, 6.45) is 0. The van der Waals surface area contributed by atoms with Gasteiger partial charge in [0.05, 0.1) is 12.8 Å². The zero-order valence-corrected chi connectivity index (χ0v) is 17.5. The minimum atomic E-state index is -0.510. The summed E-state index contributed by atoms with van der Waals surface area (Å²) in [4.78, 5) is 24.8. The molecule has 0 atom stereocenters. The van der Waals surface area contributed by atoms with Crippen molar-refractivity contribution in [1.29, 1.82) is 0 Å². The fourth-order valence-electron chi connectivity index (χ4n) is 2.91. The van der Waals surface area contributed by atoms with E-state index in [0.29, 0.717) is 22.9 Å². The van der Waals surface area contributed by atoms with Crippen LogP contribution in [0.15, 0.2) is 60.7 Å². The van der Waals surface area contributed by atoms with Crippen LogP contribution in [0.5, 0.6) is 11.5 Å². The number of anilines is 2. The molecule has 0 aliphatic heterocycles. The van der Waals surface area contributed by atoms with Gasteiger partial charge in [-0.25, -0.2) is 4.39 Å². The van der Waals surface area contributed by atoms with Gasteiger partial charge in [0.1, 0.15) is 17.3 Å². The number of hydrogen-bond donors (Lipinski definition) is 2. The summed E-state index contributed by atoms with van der Waals surface area (Å²) in [5.74, 6) is -0.320. The molecule has 2 amide bonds. The summed E-state index contributed by atoms with van der Waals surface area (Å²) in [5.41, 5.74) is 2.92. The predicted molar refractivity (Wildman–Crippen MR) is 117 cm³/mol. The molecule has 6 nitrogen and oxygen atoms in total. The quantitative estimate of drug-likeness (QED) is 0.578. The van der Waals surface area contributed by atoms with Crippen LogP contribution >= 0.6 is 0 Å². The highest BCUT2D eigenvalue weighted by molar-refractivity contribution is 6.05. The molecule has 0 aromatic heterocycles. The van der Waals surface area contributed by atoms with Gasteiger partial charge >= 0.3 is 0 Å². The molecule has 31 heavy (non-hydrogen) atoms. The molecular weight excluding hydrogens is 399 g/mol. The lowest BCUT2D eigenvalue weighted by atomic mass is 10.1. The number of carbonyl (C=O) groups is 2. The van der Waals surface area contributed by atoms with Crippen LogP contribution < -0.4 is 20.1 Å². The van der Waals surface area contributed by atoms with Gasteiger partial charge in [-0.05, 0) is 67.4 Å². The Bertz CT molecular complexity index is 1110. The number of benzene rings is 3. The molecule has 0 bridgehead atoms. The van der Waals surface area contributed by atoms with Gasteiger partial charge in [0, 0.05) is 11.3 Å². The second-order valence-corrected chi connectivity index (χ2v) is 6.99. The molecule has 0 saturated heterocycles. The lowest BCUT2D eigenvalue weighted by Gasteiger charge is -2.14. The van der Waals surface area contributed by atoms with E-state index in [-0.39, 0.29) is 18.1 Å². The lowest BCUT2D eigenvalue weighted by Crippen LogP contribution is -2.20. The van der Waals surface area contributed by atoms with E-state index in [2.05, 4.69) is 10.6 Å². The molecule has 0 spiro atoms. The van der Waals surface area contributed by atoms with Crippen molar-refractivity contribution < 1.29 is 23.5 Å². The highest BCUT2D eigenvalue weighted by atomic mass is 19.1. The van der Waals surface area contributed by atoms with Gasteiger partial charge in [0.25, 0.3) is 11.8 Å². The van der Waals surface area contributed by atoms with Crippen molar-refractivity contribution in [1.82, 2.24) is 0 Å². The Labute approximate surface area is 180 Å². The number of amides is 2. The smallest absolute Gasteiger partial charge is 0.262 e. The molecule has 0 saturated carbocycles. The molecule has 3 aromatic carbocycles. The zero-order valence-electron chi connectivity index (χ0n) is 17.5. The van der Waals surface area contributed by atoms with E-state index in [4.69, 9.17) is 9.47 Å². The lowest BCUT2D eigenvalue weighted by molar-refractivity contribution is -0.118. The van der Waals surface area contributed by atoms with E-state index in [0.717, 1.165) is 17.2 Å². The Hall–Kier alpha value is -3.87. The molecule has 7 heteroatoms. The minimum Gasteiger partial charge on any atom is -0.495 e. The third-order valence-electron chi connectivity index (χ3n) is 4.52. The van der Waals surface area contributed by atoms with Crippen LogP contribution in [0.4, 0.5) is 15.8 Å². The molecule has 0 radical (unpaired) electrons. The van der Waals surface area contributed by atoms with Gasteiger partial charge in [-0.15, -0.1) is 0 Å². The Morgan fingerprint density at radius 2 is 1.74 bits per heavy atom. The largest absolute Gasteiger partial charge is 0.495 e. The van der Waals surface area contributed by atoms with Gasteiger partial charge in [-0.2, -0.15) is 0 Å². The van der Waals surface area contributed by atoms with E-state index >= 15 is 0 Å². The number of aryl methyl sites for hydroxylation is 2. The van der Waals surface area contributed by atoms with E-state index in [1.165, 1.54) is 25.3 Å². The number of methoxy groups -OCH3 is 1. The summed E-state index contributed by atoms with van der Waals surface area (Å²) in [6.45, 7) is 3.69. The Kier molecular flexibility index (Phi) is 6.87. The topological polar surface area (TPSA) is 76.7 Å². The zero-order chi connectivity index (χ0) is 22.4. The van der Waals surface area contributed by atoms with E-state index in [9.17, 15) is 14.0 Å². The fourth-order valence-corrected chi connectivity index (χ4v) is 2.91. The third-order valence-corrected chi connectivity index (χ3v) is 4.52. The van der Waals surface area contributed by atoms with Gasteiger partial charge in [0.15, 0.2) is 6.61 Å². The summed E-state index contributed by atoms with van der Waals surface area (Å²) in [5, 5.41) is 5.41. The molecule has 0 aliphatic carbocycles. The maximum absolute atomic E-state index is 13.4. The third kappa shape index (κ3) is 5.82. The molecule has 0 heterocycles. The maximum Gasteiger partial charge on any atom is 0.262 e. The maximum atomic E-state index is 13.4. The van der Waals surface area contributed by atoms with E-state index < -0.39 is 11.7 Å². The highest BCUT2D eigenvalue weighted by Crippen LogP contribution is 2.28. The first-order valence-corrected chi connectivity index (χ1v) is 9.60. The number of rotatable bonds is 7. The number of halogens is 1. The molecule has 0 aliphatic rings. The Morgan fingerprint density at radius 1 is 0.935 bits per heavy atom. The van der Waals surface area contributed by atoms with Crippen LogP contribution in [0.25, 0.3) is 0 Å². The molecular formula is C24H23FN2O4. The molecule has 0 fully saturated rings. The Morgan fingerprint density at radius 3 is 2.48 bits per heavy atom. The SMILES string of the molecule is COc1ccc(NC(=O)COc2cc(C)ccc2C)cc1NC(=O)c1cccc(F)c1. The number of hydrogen-bond acceptors (Lipinski definition) is 4. The summed E-state index contributed by atoms with van der Waals surface area (Å²) in [6, 6.07) is 15.9. The first kappa shape index (κ1) is 21.8. The highest BCUT2D eigenvalue weighted by Gasteiger charge is 2.13. The van der Waals surface area contributed by atoms with Gasteiger partial charge in [-0.1, -0.05) is 18.2 Å². The molecule has 2 N–H and O–H groups in total. The normalized spacial score (nSPS) is 10.3. The summed E-state index contributed by atoms with van der Waals surface area (Å²) < 4.78 is 24.3. The second kappa shape index (κ2) is 9.75. The van der Waals surface area contributed by atoms with Crippen molar-refractivity contribution in [3.63, 3.8) is 0 Å². The monoisotopic (exact) mass is 422 g/mol. The minimum absolute atomic E-state index is 0.165. The van der Waals surface area contributed by atoms with Crippen molar-refractivity contribution >= 4 is 23.2 Å². The first-order chi connectivity index (χ1) is 14.9. The van der Waals surface area contributed by atoms with Gasteiger partial charge in [-0.3, -0.25) is 9.59 Å². The van der Waals surface area contributed by atoms with Crippen LogP contribution in [-0.2, 0) is 4.79 Å². The van der Waals surface area contributed by atoms with Gasteiger partial charge in [0.2, 0.25) is 0 Å². The van der Waals surface area contributed by atoms with E-state index in [1.807, 2.05) is 32.0 Å². The van der Waals surface area contributed by atoms with Gasteiger partial charge < -0.3 is 20.1 Å². The van der Waals surface area contributed by atoms with Crippen LogP contribution in [0.2, 0.25) is 0 Å². The van der Waals surface area contributed by atoms with Crippen molar-refractivity contribution in [2.75, 3.05) is 24.4 Å². The van der Waals surface area contributed by atoms with Crippen molar-refractivity contribution in [2.24, 2.45) is 0 Å². The first-order valence-electron chi connectivity index (χ1n) is 9.60. The number of nitrogens with one attached hydrogen (secondary N) is 2. The Balaban J connectivity index is 1.68. The molecule has 160 valence electrons. The van der Waals surface area contributed by atoms with E-state index in [1.54, 1.807) is 18.2 Å². The summed E-state index contributed by atoms with van der Waals surface area (Å²) >= 11 is 0. The van der Waals surface area contributed by atoms with Crippen LogP contribution in [-0.4, -0.2) is 25.5 Å². The van der Waals surface area contributed by atoms with Crippen LogP contribution in [0, 0.1) is 19.7 Å². The van der Waals surface area contributed by atoms with Crippen molar-refractivity contribution in [3.8, 4) is 11.5 Å². The van der Waals surface area contributed by atoms with Crippen LogP contribution in [0.1, 0.15) is 21.5 Å². The molecule has 0 unspecified atom stereocenters. The van der Waals surface area contributed by atoms with Crippen molar-refractivity contribution in [2.45, 2.75) is 13.8 Å². The average Bonchev–Trinajstić information content (AvgIpc) is 2.74. The number of carbonyl (C=O) groups excluding carboxylic acids is 2. The summed E-state index contributed by atoms with van der Waals surface area (Å²) in [7, 11) is 1.46. The molecule has 3 rings (SSSR count). The fraction of sp³-hybridized carbons (Fsp3) is 0.167. The standard InChI is InChI=1S/C24H23FN2O4/c1-15-7-8-16(2)22(11-15)31-14-23(28)26-19-9-10-21(30-3)20(13-19)27-24(29)17-5-4-6-18(25)12-17/h4-13H,14H2,1-3H3,(H,26,28)(H,27,29). The number of ether oxygens (including phenoxy) is 2. The average molecular weight is 422 g/mol. The predicted octanol–water partition coefficient (Wildman–Crippen LogP) is 4.72. The second-order valence-electron chi connectivity index (χ2n) is 6.99. The van der Waals surface area contributed by atoms with Crippen LogP contribution in [0.3, 0.4) is 0 Å². The van der Waals surface area contributed by atoms with Crippen molar-refractivity contribution in [3.05, 3.63) is 83.2 Å².